The summed E-state index contributed by atoms with van der Waals surface area (Å²) in [6.07, 6.45) is 0.833. The fraction of sp³-hybridized carbons (Fsp3) is 0.500. The number of carbonyl (C=O) groups is 2. The zero-order valence-corrected chi connectivity index (χ0v) is 14.5. The molecule has 7 nitrogen and oxygen atoms in total. The second kappa shape index (κ2) is 7.87. The van der Waals surface area contributed by atoms with E-state index >= 15 is 0 Å². The van der Waals surface area contributed by atoms with E-state index < -0.39 is 22.1 Å². The summed E-state index contributed by atoms with van der Waals surface area (Å²) in [5.74, 6) is -0.935. The number of Topliss-reactive ketones (excluding diaryl/α,β-unsaturated/α-hetero) is 1. The molecule has 0 amide bonds. The van der Waals surface area contributed by atoms with Crippen molar-refractivity contribution < 1.29 is 27.5 Å². The van der Waals surface area contributed by atoms with Crippen molar-refractivity contribution in [3.63, 3.8) is 0 Å². The lowest BCUT2D eigenvalue weighted by atomic mass is 10.2. The van der Waals surface area contributed by atoms with Gasteiger partial charge in [0.15, 0.2) is 11.9 Å². The summed E-state index contributed by atoms with van der Waals surface area (Å²) in [5.41, 5.74) is 0.182. The molecule has 0 radical (unpaired) electrons. The lowest BCUT2D eigenvalue weighted by Gasteiger charge is -2.12. The van der Waals surface area contributed by atoms with Crippen LogP contribution in [0.1, 0.15) is 37.0 Å². The van der Waals surface area contributed by atoms with Crippen molar-refractivity contribution in [2.24, 2.45) is 0 Å². The van der Waals surface area contributed by atoms with Crippen molar-refractivity contribution in [2.75, 3.05) is 13.2 Å². The number of hydrogen-bond acceptors (Lipinski definition) is 6. The molecule has 0 aliphatic carbocycles. The van der Waals surface area contributed by atoms with Crippen molar-refractivity contribution in [1.29, 1.82) is 0 Å². The van der Waals surface area contributed by atoms with Gasteiger partial charge in [0.05, 0.1) is 16.6 Å². The second-order valence-electron chi connectivity index (χ2n) is 5.67. The van der Waals surface area contributed by atoms with Gasteiger partial charge in [0.25, 0.3) is 0 Å². The monoisotopic (exact) mass is 355 g/mol. The normalized spacial score (nSPS) is 19.0. The smallest absolute Gasteiger partial charge is 0.338 e. The van der Waals surface area contributed by atoms with Crippen molar-refractivity contribution in [3.05, 3.63) is 29.8 Å². The van der Waals surface area contributed by atoms with Crippen molar-refractivity contribution in [1.82, 2.24) is 4.72 Å². The van der Waals surface area contributed by atoms with Gasteiger partial charge >= 0.3 is 5.97 Å². The molecule has 1 heterocycles. The zero-order chi connectivity index (χ0) is 17.7. The van der Waals surface area contributed by atoms with Crippen LogP contribution >= 0.6 is 0 Å². The highest BCUT2D eigenvalue weighted by atomic mass is 32.2. The van der Waals surface area contributed by atoms with Gasteiger partial charge in [0, 0.05) is 13.2 Å². The Labute approximate surface area is 141 Å². The number of esters is 1. The minimum atomic E-state index is -3.66. The first-order chi connectivity index (χ1) is 11.3. The minimum Gasteiger partial charge on any atom is -0.451 e. The number of ketones is 1. The van der Waals surface area contributed by atoms with E-state index in [1.54, 1.807) is 0 Å². The fourth-order valence-corrected chi connectivity index (χ4v) is 3.24. The van der Waals surface area contributed by atoms with E-state index in [-0.39, 0.29) is 28.9 Å². The number of ether oxygens (including phenoxy) is 2. The van der Waals surface area contributed by atoms with Crippen LogP contribution in [0.3, 0.4) is 0 Å². The van der Waals surface area contributed by atoms with Crippen molar-refractivity contribution in [3.8, 4) is 0 Å². The molecule has 24 heavy (non-hydrogen) atoms. The molecule has 8 heteroatoms. The van der Waals surface area contributed by atoms with E-state index in [0.717, 1.165) is 12.8 Å². The van der Waals surface area contributed by atoms with Gasteiger partial charge in [-0.05, 0) is 51.0 Å². The highest BCUT2D eigenvalue weighted by Crippen LogP contribution is 2.14. The third-order valence-corrected chi connectivity index (χ3v) is 5.22. The molecule has 0 saturated carbocycles. The van der Waals surface area contributed by atoms with Gasteiger partial charge in [-0.2, -0.15) is 0 Å². The van der Waals surface area contributed by atoms with Crippen LogP contribution in [0.5, 0.6) is 0 Å². The average Bonchev–Trinajstić information content (AvgIpc) is 3.06. The molecule has 0 spiro atoms. The maximum atomic E-state index is 12.2. The van der Waals surface area contributed by atoms with E-state index in [0.29, 0.717) is 6.61 Å². The molecule has 1 saturated heterocycles. The molecule has 2 rings (SSSR count). The van der Waals surface area contributed by atoms with Crippen LogP contribution in [0.4, 0.5) is 0 Å². The predicted octanol–water partition coefficient (Wildman–Crippen LogP) is 1.28. The number of benzene rings is 1. The third kappa shape index (κ3) is 4.86. The molecule has 1 fully saturated rings. The molecule has 0 bridgehead atoms. The molecule has 0 aromatic heterocycles. The summed E-state index contributed by atoms with van der Waals surface area (Å²) in [6.45, 7) is 3.69. The summed E-state index contributed by atoms with van der Waals surface area (Å²) < 4.78 is 37.3. The summed E-state index contributed by atoms with van der Waals surface area (Å²) in [5, 5.41) is 0. The number of nitrogens with one attached hydrogen (secondary N) is 1. The Hall–Kier alpha value is -1.77. The maximum absolute atomic E-state index is 12.2. The molecule has 2 unspecified atom stereocenters. The van der Waals surface area contributed by atoms with Gasteiger partial charge in [-0.1, -0.05) is 0 Å². The van der Waals surface area contributed by atoms with Crippen LogP contribution < -0.4 is 4.72 Å². The van der Waals surface area contributed by atoms with Gasteiger partial charge < -0.3 is 9.47 Å². The lowest BCUT2D eigenvalue weighted by Crippen LogP contribution is -2.31. The fourth-order valence-electron chi connectivity index (χ4n) is 2.17. The molecular formula is C16H21NO6S. The summed E-state index contributed by atoms with van der Waals surface area (Å²) in [7, 11) is -3.66. The average molecular weight is 355 g/mol. The Morgan fingerprint density at radius 2 is 2.00 bits per heavy atom. The molecule has 1 aromatic rings. The summed E-state index contributed by atoms with van der Waals surface area (Å²) in [6, 6.07) is 5.37. The highest BCUT2D eigenvalue weighted by Gasteiger charge is 2.21. The molecule has 1 aromatic carbocycles. The first-order valence-corrected chi connectivity index (χ1v) is 9.20. The van der Waals surface area contributed by atoms with Crippen LogP contribution in [0, 0.1) is 0 Å². The first-order valence-electron chi connectivity index (χ1n) is 7.72. The van der Waals surface area contributed by atoms with E-state index in [4.69, 9.17) is 9.47 Å². The molecule has 2 atom stereocenters. The quantitative estimate of drug-likeness (QED) is 0.740. The van der Waals surface area contributed by atoms with Gasteiger partial charge in [0.1, 0.15) is 0 Å². The van der Waals surface area contributed by atoms with Crippen LogP contribution in [0.2, 0.25) is 0 Å². The number of carbonyl (C=O) groups excluding carboxylic acids is 2. The highest BCUT2D eigenvalue weighted by molar-refractivity contribution is 7.89. The largest absolute Gasteiger partial charge is 0.451 e. The molecular weight excluding hydrogens is 334 g/mol. The number of rotatable bonds is 7. The maximum Gasteiger partial charge on any atom is 0.338 e. The Morgan fingerprint density at radius 3 is 2.54 bits per heavy atom. The number of sulfonamides is 1. The summed E-state index contributed by atoms with van der Waals surface area (Å²) in [4.78, 5) is 23.0. The van der Waals surface area contributed by atoms with E-state index in [1.807, 2.05) is 0 Å². The predicted molar refractivity (Wildman–Crippen MR) is 86.2 cm³/mol. The molecule has 1 N–H and O–H groups in total. The van der Waals surface area contributed by atoms with E-state index in [1.165, 1.54) is 38.1 Å². The lowest BCUT2D eigenvalue weighted by molar-refractivity contribution is -0.124. The van der Waals surface area contributed by atoms with Gasteiger partial charge in [-0.3, -0.25) is 4.79 Å². The Morgan fingerprint density at radius 1 is 1.33 bits per heavy atom. The Bertz CT molecular complexity index is 692. The van der Waals surface area contributed by atoms with Crippen molar-refractivity contribution in [2.45, 2.75) is 43.8 Å². The topological polar surface area (TPSA) is 98.8 Å². The molecule has 1 aliphatic heterocycles. The van der Waals surface area contributed by atoms with Crippen LogP contribution in [0.15, 0.2) is 29.2 Å². The van der Waals surface area contributed by atoms with Crippen LogP contribution in [0.25, 0.3) is 0 Å². The molecule has 1 aliphatic rings. The van der Waals surface area contributed by atoms with Gasteiger partial charge in [-0.15, -0.1) is 0 Å². The minimum absolute atomic E-state index is 0.0525. The molecule has 132 valence electrons. The van der Waals surface area contributed by atoms with E-state index in [2.05, 4.69) is 4.72 Å². The van der Waals surface area contributed by atoms with Crippen molar-refractivity contribution >= 4 is 21.8 Å². The third-order valence-electron chi connectivity index (χ3n) is 3.78. The standard InChI is InChI=1S/C16H21NO6S/c1-11(18)12(2)23-16(19)13-5-7-15(8-6-13)24(20,21)17-10-14-4-3-9-22-14/h5-8,12,14,17H,3-4,9-10H2,1-2H3. The van der Waals surface area contributed by atoms with E-state index in [9.17, 15) is 18.0 Å². The second-order valence-corrected chi connectivity index (χ2v) is 7.44. The summed E-state index contributed by atoms with van der Waals surface area (Å²) >= 11 is 0. The van der Waals surface area contributed by atoms with Gasteiger partial charge in [0.2, 0.25) is 10.0 Å². The SMILES string of the molecule is CC(=O)C(C)OC(=O)c1ccc(S(=O)(=O)NCC2CCCO2)cc1. The van der Waals surface area contributed by atoms with Crippen LogP contribution in [-0.4, -0.2) is 45.5 Å². The Balaban J connectivity index is 1.99. The number of hydrogen-bond donors (Lipinski definition) is 1. The van der Waals surface area contributed by atoms with Crippen LogP contribution in [-0.2, 0) is 24.3 Å². The van der Waals surface area contributed by atoms with Gasteiger partial charge in [-0.25, -0.2) is 17.9 Å². The zero-order valence-electron chi connectivity index (χ0n) is 13.7. The Kier molecular flexibility index (Phi) is 6.09. The first kappa shape index (κ1) is 18.6.